The predicted molar refractivity (Wildman–Crippen MR) is 109 cm³/mol. The lowest BCUT2D eigenvalue weighted by molar-refractivity contribution is -0.116. The molecule has 0 aliphatic carbocycles. The van der Waals surface area contributed by atoms with E-state index in [0.29, 0.717) is 22.9 Å². The third-order valence-electron chi connectivity index (χ3n) is 4.52. The summed E-state index contributed by atoms with van der Waals surface area (Å²) in [5.41, 5.74) is 3.75. The van der Waals surface area contributed by atoms with Crippen molar-refractivity contribution in [3.63, 3.8) is 0 Å². The SMILES string of the molecule is Cc1cc(-c2nnc(NC3N=C(c4ccccc4)c4ccccc4NC3=O)o2)on1. The van der Waals surface area contributed by atoms with Gasteiger partial charge in [0, 0.05) is 17.2 Å². The Bertz CT molecular complexity index is 1240. The molecule has 1 unspecified atom stereocenters. The highest BCUT2D eigenvalue weighted by atomic mass is 16.5. The number of aliphatic imine (C=N–C) groups is 1. The van der Waals surface area contributed by atoms with Gasteiger partial charge in [0.15, 0.2) is 0 Å². The van der Waals surface area contributed by atoms with Crippen LogP contribution in [0.4, 0.5) is 11.7 Å². The van der Waals surface area contributed by atoms with Crippen molar-refractivity contribution < 1.29 is 13.7 Å². The number of carbonyl (C=O) groups excluding carboxylic acids is 1. The van der Waals surface area contributed by atoms with E-state index >= 15 is 0 Å². The summed E-state index contributed by atoms with van der Waals surface area (Å²) in [5.74, 6) is 0.158. The fourth-order valence-electron chi connectivity index (χ4n) is 3.14. The zero-order valence-electron chi connectivity index (χ0n) is 15.9. The van der Waals surface area contributed by atoms with Crippen LogP contribution in [0.15, 0.2) is 74.6 Å². The molecule has 30 heavy (non-hydrogen) atoms. The summed E-state index contributed by atoms with van der Waals surface area (Å²) in [7, 11) is 0. The Morgan fingerprint density at radius 2 is 1.83 bits per heavy atom. The van der Waals surface area contributed by atoms with Crippen molar-refractivity contribution in [3.05, 3.63) is 77.5 Å². The van der Waals surface area contributed by atoms with Gasteiger partial charge in [0.25, 0.3) is 11.8 Å². The normalized spacial score (nSPS) is 15.7. The van der Waals surface area contributed by atoms with Gasteiger partial charge in [0.2, 0.25) is 11.9 Å². The molecule has 9 heteroatoms. The third kappa shape index (κ3) is 3.32. The van der Waals surface area contributed by atoms with E-state index in [2.05, 4.69) is 31.0 Å². The van der Waals surface area contributed by atoms with Gasteiger partial charge in [-0.05, 0) is 13.0 Å². The molecule has 2 aromatic carbocycles. The molecule has 1 amide bonds. The maximum absolute atomic E-state index is 12.8. The number of nitrogens with zero attached hydrogens (tertiary/aromatic N) is 4. The van der Waals surface area contributed by atoms with Gasteiger partial charge in [-0.25, -0.2) is 4.99 Å². The number of amides is 1. The Labute approximate surface area is 170 Å². The van der Waals surface area contributed by atoms with Gasteiger partial charge in [-0.3, -0.25) is 4.79 Å². The average molecular weight is 400 g/mol. The molecule has 2 N–H and O–H groups in total. The second-order valence-corrected chi connectivity index (χ2v) is 6.67. The largest absolute Gasteiger partial charge is 0.400 e. The Morgan fingerprint density at radius 1 is 1.03 bits per heavy atom. The molecular formula is C21H16N6O3. The topological polar surface area (TPSA) is 118 Å². The van der Waals surface area contributed by atoms with E-state index in [1.54, 1.807) is 13.0 Å². The van der Waals surface area contributed by atoms with Gasteiger partial charge in [0.1, 0.15) is 0 Å². The smallest absolute Gasteiger partial charge is 0.317 e. The molecule has 0 spiro atoms. The highest BCUT2D eigenvalue weighted by molar-refractivity contribution is 6.19. The molecule has 0 saturated carbocycles. The molecule has 1 atom stereocenters. The van der Waals surface area contributed by atoms with Gasteiger partial charge >= 0.3 is 6.01 Å². The molecular weight excluding hydrogens is 384 g/mol. The van der Waals surface area contributed by atoms with E-state index in [4.69, 9.17) is 8.94 Å². The number of aromatic nitrogens is 3. The fourth-order valence-corrected chi connectivity index (χ4v) is 3.14. The molecule has 0 fully saturated rings. The molecule has 9 nitrogen and oxygen atoms in total. The first-order chi connectivity index (χ1) is 14.7. The molecule has 0 bridgehead atoms. The maximum Gasteiger partial charge on any atom is 0.317 e. The van der Waals surface area contributed by atoms with Crippen molar-refractivity contribution in [2.24, 2.45) is 4.99 Å². The maximum atomic E-state index is 12.8. The Morgan fingerprint density at radius 3 is 2.63 bits per heavy atom. The molecule has 2 aromatic heterocycles. The van der Waals surface area contributed by atoms with E-state index in [9.17, 15) is 4.79 Å². The van der Waals surface area contributed by atoms with E-state index in [-0.39, 0.29) is 17.8 Å². The number of hydrogen-bond acceptors (Lipinski definition) is 8. The highest BCUT2D eigenvalue weighted by Gasteiger charge is 2.27. The highest BCUT2D eigenvalue weighted by Crippen LogP contribution is 2.25. The lowest BCUT2D eigenvalue weighted by Gasteiger charge is -2.11. The number of rotatable bonds is 4. The van der Waals surface area contributed by atoms with Crippen LogP contribution in [0.1, 0.15) is 16.8 Å². The minimum absolute atomic E-state index is 0.0429. The van der Waals surface area contributed by atoms with Crippen LogP contribution in [-0.4, -0.2) is 33.1 Å². The Kier molecular flexibility index (Phi) is 4.32. The molecule has 0 saturated heterocycles. The minimum atomic E-state index is -0.975. The van der Waals surface area contributed by atoms with Crippen molar-refractivity contribution in [3.8, 4) is 11.7 Å². The summed E-state index contributed by atoms with van der Waals surface area (Å²) in [6.07, 6.45) is -0.975. The second-order valence-electron chi connectivity index (χ2n) is 6.67. The van der Waals surface area contributed by atoms with Crippen LogP contribution < -0.4 is 10.6 Å². The Balaban J connectivity index is 1.51. The summed E-state index contributed by atoms with van der Waals surface area (Å²) in [6.45, 7) is 1.79. The number of carbonyl (C=O) groups is 1. The number of nitrogens with one attached hydrogen (secondary N) is 2. The first-order valence-electron chi connectivity index (χ1n) is 9.24. The van der Waals surface area contributed by atoms with Crippen molar-refractivity contribution in [2.45, 2.75) is 13.1 Å². The van der Waals surface area contributed by atoms with Crippen LogP contribution in [0.3, 0.4) is 0 Å². The fraction of sp³-hybridized carbons (Fsp3) is 0.0952. The number of fused-ring (bicyclic) bond motifs is 1. The van der Waals surface area contributed by atoms with Gasteiger partial charge in [0.05, 0.1) is 17.1 Å². The quantitative estimate of drug-likeness (QED) is 0.540. The number of para-hydroxylation sites is 1. The van der Waals surface area contributed by atoms with Crippen LogP contribution in [0.25, 0.3) is 11.7 Å². The monoisotopic (exact) mass is 400 g/mol. The average Bonchev–Trinajstić information content (AvgIpc) is 3.38. The molecule has 1 aliphatic rings. The van der Waals surface area contributed by atoms with Crippen LogP contribution in [0.5, 0.6) is 0 Å². The summed E-state index contributed by atoms with van der Waals surface area (Å²) in [6, 6.07) is 18.9. The summed E-state index contributed by atoms with van der Waals surface area (Å²) in [5, 5.41) is 17.5. The van der Waals surface area contributed by atoms with Crippen LogP contribution in [0, 0.1) is 6.92 Å². The minimum Gasteiger partial charge on any atom is -0.400 e. The molecule has 4 aromatic rings. The standard InChI is InChI=1S/C21H16N6O3/c1-12-11-16(30-27-12)20-25-26-21(29-20)24-18-19(28)22-15-10-6-5-9-14(15)17(23-18)13-7-3-2-4-8-13/h2-11,18H,1H3,(H,22,28)(H,24,26). The van der Waals surface area contributed by atoms with E-state index in [1.807, 2.05) is 54.6 Å². The van der Waals surface area contributed by atoms with Gasteiger partial charge < -0.3 is 19.6 Å². The summed E-state index contributed by atoms with van der Waals surface area (Å²) >= 11 is 0. The zero-order chi connectivity index (χ0) is 20.5. The van der Waals surface area contributed by atoms with Gasteiger partial charge in [-0.1, -0.05) is 58.8 Å². The number of anilines is 2. The first-order valence-corrected chi connectivity index (χ1v) is 9.24. The molecule has 0 radical (unpaired) electrons. The van der Waals surface area contributed by atoms with Crippen LogP contribution >= 0.6 is 0 Å². The number of benzodiazepines with no additional fused rings is 1. The van der Waals surface area contributed by atoms with Crippen LogP contribution in [0.2, 0.25) is 0 Å². The second kappa shape index (κ2) is 7.28. The zero-order valence-corrected chi connectivity index (χ0v) is 15.9. The molecule has 1 aliphatic heterocycles. The van der Waals surface area contributed by atoms with Gasteiger partial charge in [-0.2, -0.15) is 0 Å². The van der Waals surface area contributed by atoms with Crippen molar-refractivity contribution >= 4 is 23.3 Å². The Hall–Kier alpha value is -4.27. The third-order valence-corrected chi connectivity index (χ3v) is 4.52. The van der Waals surface area contributed by atoms with E-state index in [1.165, 1.54) is 0 Å². The molecule has 148 valence electrons. The van der Waals surface area contributed by atoms with E-state index < -0.39 is 6.17 Å². The van der Waals surface area contributed by atoms with Crippen molar-refractivity contribution in [2.75, 3.05) is 10.6 Å². The lowest BCUT2D eigenvalue weighted by Crippen LogP contribution is -2.32. The van der Waals surface area contributed by atoms with Gasteiger partial charge in [-0.15, -0.1) is 5.10 Å². The predicted octanol–water partition coefficient (Wildman–Crippen LogP) is 3.26. The summed E-state index contributed by atoms with van der Waals surface area (Å²) < 4.78 is 10.7. The number of benzene rings is 2. The number of hydrogen-bond donors (Lipinski definition) is 2. The first kappa shape index (κ1) is 17.8. The van der Waals surface area contributed by atoms with Crippen LogP contribution in [-0.2, 0) is 4.79 Å². The lowest BCUT2D eigenvalue weighted by atomic mass is 10.0. The van der Waals surface area contributed by atoms with Crippen molar-refractivity contribution in [1.29, 1.82) is 0 Å². The number of aryl methyl sites for hydroxylation is 1. The van der Waals surface area contributed by atoms with E-state index in [0.717, 1.165) is 11.1 Å². The molecule has 5 rings (SSSR count). The molecule has 3 heterocycles. The van der Waals surface area contributed by atoms with Crippen molar-refractivity contribution in [1.82, 2.24) is 15.4 Å². The summed E-state index contributed by atoms with van der Waals surface area (Å²) in [4.78, 5) is 17.5.